The van der Waals surface area contributed by atoms with E-state index in [0.29, 0.717) is 6.54 Å². The van der Waals surface area contributed by atoms with Crippen LogP contribution in [0.5, 0.6) is 0 Å². The number of nitrogens with zero attached hydrogens (tertiary/aromatic N) is 3. The highest BCUT2D eigenvalue weighted by Crippen LogP contribution is 2.20. The largest absolute Gasteiger partial charge is 0.352 e. The fourth-order valence-electron chi connectivity index (χ4n) is 3.95. The van der Waals surface area contributed by atoms with E-state index < -0.39 is 0 Å². The Kier molecular flexibility index (Phi) is 6.97. The van der Waals surface area contributed by atoms with Crippen molar-refractivity contribution in [3.8, 4) is 0 Å². The molecule has 3 aromatic rings. The van der Waals surface area contributed by atoms with Gasteiger partial charge in [0, 0.05) is 43.0 Å². The molecule has 1 aromatic heterocycles. The molecule has 156 valence electrons. The number of amides is 1. The summed E-state index contributed by atoms with van der Waals surface area (Å²) in [5, 5.41) is 3.14. The van der Waals surface area contributed by atoms with Crippen LogP contribution in [0.2, 0.25) is 0 Å². The molecule has 1 aliphatic heterocycles. The third kappa shape index (κ3) is 5.80. The van der Waals surface area contributed by atoms with Crippen molar-refractivity contribution in [3.05, 3.63) is 88.4 Å². The van der Waals surface area contributed by atoms with Crippen molar-refractivity contribution in [3.63, 3.8) is 0 Å². The highest BCUT2D eigenvalue weighted by Gasteiger charge is 2.25. The van der Waals surface area contributed by atoms with Gasteiger partial charge in [0.05, 0.1) is 12.2 Å². The lowest BCUT2D eigenvalue weighted by molar-refractivity contribution is -0.126. The minimum atomic E-state index is 0.0645. The number of piperidine rings is 1. The fourth-order valence-corrected chi connectivity index (χ4v) is 4.21. The van der Waals surface area contributed by atoms with Crippen LogP contribution in [0.4, 0.5) is 0 Å². The van der Waals surface area contributed by atoms with Crippen molar-refractivity contribution < 1.29 is 4.79 Å². The van der Waals surface area contributed by atoms with Crippen LogP contribution >= 0.6 is 15.9 Å². The molecule has 4 rings (SSSR count). The SMILES string of the molecule is O=C(NCc1ccc(Cn2ccnc2)cc1)C1CCCN(Cc2ccc(Br)cc2)C1. The summed E-state index contributed by atoms with van der Waals surface area (Å²) < 4.78 is 3.14. The van der Waals surface area contributed by atoms with Gasteiger partial charge in [-0.15, -0.1) is 0 Å². The van der Waals surface area contributed by atoms with Crippen LogP contribution in [-0.4, -0.2) is 33.4 Å². The first-order valence-electron chi connectivity index (χ1n) is 10.4. The van der Waals surface area contributed by atoms with Gasteiger partial charge < -0.3 is 9.88 Å². The Morgan fingerprint density at radius 2 is 1.73 bits per heavy atom. The Labute approximate surface area is 186 Å². The Balaban J connectivity index is 1.25. The molecule has 1 N–H and O–H groups in total. The van der Waals surface area contributed by atoms with Crippen LogP contribution in [-0.2, 0) is 24.4 Å². The molecule has 1 unspecified atom stereocenters. The van der Waals surface area contributed by atoms with Gasteiger partial charge in [0.15, 0.2) is 0 Å². The Bertz CT molecular complexity index is 938. The average Bonchev–Trinajstić information content (AvgIpc) is 3.28. The number of benzene rings is 2. The van der Waals surface area contributed by atoms with Crippen LogP contribution in [0.15, 0.2) is 71.7 Å². The minimum absolute atomic E-state index is 0.0645. The van der Waals surface area contributed by atoms with E-state index in [1.165, 1.54) is 11.1 Å². The summed E-state index contributed by atoms with van der Waals surface area (Å²) >= 11 is 3.48. The number of imidazole rings is 1. The summed E-state index contributed by atoms with van der Waals surface area (Å²) in [7, 11) is 0. The van der Waals surface area contributed by atoms with Gasteiger partial charge in [-0.3, -0.25) is 9.69 Å². The number of likely N-dealkylation sites (tertiary alicyclic amines) is 1. The van der Waals surface area contributed by atoms with E-state index in [2.05, 4.69) is 79.7 Å². The maximum Gasteiger partial charge on any atom is 0.224 e. The van der Waals surface area contributed by atoms with Crippen molar-refractivity contribution in [1.82, 2.24) is 19.8 Å². The van der Waals surface area contributed by atoms with Gasteiger partial charge in [0.2, 0.25) is 5.91 Å². The van der Waals surface area contributed by atoms with Crippen LogP contribution in [0, 0.1) is 5.92 Å². The lowest BCUT2D eigenvalue weighted by Gasteiger charge is -2.32. The molecule has 0 radical (unpaired) electrons. The zero-order valence-corrected chi connectivity index (χ0v) is 18.6. The molecule has 1 amide bonds. The molecule has 1 aliphatic rings. The number of halogens is 1. The molecule has 1 atom stereocenters. The molecular weight excluding hydrogens is 440 g/mol. The number of carbonyl (C=O) groups is 1. The van der Waals surface area contributed by atoms with E-state index in [4.69, 9.17) is 0 Å². The minimum Gasteiger partial charge on any atom is -0.352 e. The normalized spacial score (nSPS) is 17.0. The van der Waals surface area contributed by atoms with Crippen molar-refractivity contribution >= 4 is 21.8 Å². The Morgan fingerprint density at radius 3 is 2.47 bits per heavy atom. The van der Waals surface area contributed by atoms with Gasteiger partial charge in [-0.05, 0) is 48.2 Å². The molecule has 5 nitrogen and oxygen atoms in total. The van der Waals surface area contributed by atoms with Crippen molar-refractivity contribution in [2.45, 2.75) is 32.5 Å². The second-order valence-corrected chi connectivity index (χ2v) is 8.89. The Morgan fingerprint density at radius 1 is 1.03 bits per heavy atom. The van der Waals surface area contributed by atoms with E-state index in [1.54, 1.807) is 6.20 Å². The zero-order valence-electron chi connectivity index (χ0n) is 17.0. The third-order valence-electron chi connectivity index (χ3n) is 5.61. The second-order valence-electron chi connectivity index (χ2n) is 7.97. The molecule has 2 aromatic carbocycles. The summed E-state index contributed by atoms with van der Waals surface area (Å²) in [6.07, 6.45) is 7.59. The first kappa shape index (κ1) is 20.8. The second kappa shape index (κ2) is 10.0. The van der Waals surface area contributed by atoms with Crippen molar-refractivity contribution in [1.29, 1.82) is 0 Å². The summed E-state index contributed by atoms with van der Waals surface area (Å²) in [5.41, 5.74) is 3.63. The molecule has 1 fully saturated rings. The van der Waals surface area contributed by atoms with E-state index >= 15 is 0 Å². The highest BCUT2D eigenvalue weighted by molar-refractivity contribution is 9.10. The standard InChI is InChI=1S/C24H27BrN4O/c25-23-9-7-21(8-10-23)15-28-12-1-2-22(17-28)24(30)27-14-19-3-5-20(6-4-19)16-29-13-11-26-18-29/h3-11,13,18,22H,1-2,12,14-17H2,(H,27,30). The van der Waals surface area contributed by atoms with Gasteiger partial charge in [-0.25, -0.2) is 4.98 Å². The molecule has 0 bridgehead atoms. The monoisotopic (exact) mass is 466 g/mol. The quantitative estimate of drug-likeness (QED) is 0.566. The number of rotatable bonds is 7. The van der Waals surface area contributed by atoms with Crippen LogP contribution < -0.4 is 5.32 Å². The molecule has 0 aliphatic carbocycles. The van der Waals surface area contributed by atoms with E-state index in [-0.39, 0.29) is 11.8 Å². The summed E-state index contributed by atoms with van der Waals surface area (Å²) in [5.74, 6) is 0.229. The summed E-state index contributed by atoms with van der Waals surface area (Å²) in [6.45, 7) is 4.16. The van der Waals surface area contributed by atoms with E-state index in [9.17, 15) is 4.79 Å². The summed E-state index contributed by atoms with van der Waals surface area (Å²) in [4.78, 5) is 19.2. The molecule has 30 heavy (non-hydrogen) atoms. The van der Waals surface area contributed by atoms with Gasteiger partial charge in [0.1, 0.15) is 0 Å². The molecule has 0 saturated carbocycles. The number of aromatic nitrogens is 2. The molecule has 1 saturated heterocycles. The average molecular weight is 467 g/mol. The molecule has 2 heterocycles. The van der Waals surface area contributed by atoms with Gasteiger partial charge in [0.25, 0.3) is 0 Å². The third-order valence-corrected chi connectivity index (χ3v) is 6.14. The van der Waals surface area contributed by atoms with Gasteiger partial charge in [-0.2, -0.15) is 0 Å². The number of nitrogens with one attached hydrogen (secondary N) is 1. The van der Waals surface area contributed by atoms with Crippen LogP contribution in [0.3, 0.4) is 0 Å². The summed E-state index contributed by atoms with van der Waals surface area (Å²) in [6, 6.07) is 16.8. The number of hydrogen-bond donors (Lipinski definition) is 1. The number of carbonyl (C=O) groups excluding carboxylic acids is 1. The van der Waals surface area contributed by atoms with E-state index in [1.807, 2.05) is 17.1 Å². The van der Waals surface area contributed by atoms with Gasteiger partial charge >= 0.3 is 0 Å². The van der Waals surface area contributed by atoms with Crippen LogP contribution in [0.1, 0.15) is 29.5 Å². The lowest BCUT2D eigenvalue weighted by atomic mass is 9.96. The maximum absolute atomic E-state index is 12.7. The predicted octanol–water partition coefficient (Wildman–Crippen LogP) is 4.22. The van der Waals surface area contributed by atoms with Crippen molar-refractivity contribution in [2.75, 3.05) is 13.1 Å². The predicted molar refractivity (Wildman–Crippen MR) is 122 cm³/mol. The topological polar surface area (TPSA) is 50.2 Å². The maximum atomic E-state index is 12.7. The van der Waals surface area contributed by atoms with E-state index in [0.717, 1.165) is 49.1 Å². The van der Waals surface area contributed by atoms with Crippen molar-refractivity contribution in [2.24, 2.45) is 5.92 Å². The first-order valence-corrected chi connectivity index (χ1v) is 11.2. The van der Waals surface area contributed by atoms with Gasteiger partial charge in [-0.1, -0.05) is 52.3 Å². The molecular formula is C24H27BrN4O. The Hall–Kier alpha value is -2.44. The smallest absolute Gasteiger partial charge is 0.224 e. The first-order chi connectivity index (χ1) is 14.7. The fraction of sp³-hybridized carbons (Fsp3) is 0.333. The van der Waals surface area contributed by atoms with Crippen LogP contribution in [0.25, 0.3) is 0 Å². The molecule has 6 heteroatoms. The highest BCUT2D eigenvalue weighted by atomic mass is 79.9. The zero-order chi connectivity index (χ0) is 20.8. The molecule has 0 spiro atoms. The number of hydrogen-bond acceptors (Lipinski definition) is 3. The lowest BCUT2D eigenvalue weighted by Crippen LogP contribution is -2.42.